The quantitative estimate of drug-likeness (QED) is 0.453. The lowest BCUT2D eigenvalue weighted by Gasteiger charge is -2.01. The highest BCUT2D eigenvalue weighted by atomic mass is 32.2. The minimum absolute atomic E-state index is 0.132. The summed E-state index contributed by atoms with van der Waals surface area (Å²) < 4.78 is 0.447. The van der Waals surface area contributed by atoms with Crippen LogP contribution in [0.3, 0.4) is 0 Å². The summed E-state index contributed by atoms with van der Waals surface area (Å²) in [5.74, 6) is 0.228. The largest absolute Gasteiger partial charge is 0.271 e. The van der Waals surface area contributed by atoms with Crippen LogP contribution in [0.4, 0.5) is 0 Å². The number of nitrogens with zero attached hydrogens (tertiary/aromatic N) is 2. The van der Waals surface area contributed by atoms with E-state index in [-0.39, 0.29) is 5.91 Å². The number of rotatable bonds is 1. The number of carbonyl (C=O) groups excluding carboxylic acids is 1. The number of hydrazone groups is 1. The molecule has 0 aromatic heterocycles. The van der Waals surface area contributed by atoms with Gasteiger partial charge in [0.1, 0.15) is 0 Å². The van der Waals surface area contributed by atoms with Gasteiger partial charge in [0.25, 0.3) is 5.91 Å². The lowest BCUT2D eigenvalue weighted by Crippen LogP contribution is -2.21. The molecule has 6 heteroatoms. The Morgan fingerprint density at radius 2 is 2.50 bits per heavy atom. The Labute approximate surface area is 72.5 Å². The summed E-state index contributed by atoms with van der Waals surface area (Å²) in [6.07, 6.45) is 0. The van der Waals surface area contributed by atoms with Crippen LogP contribution in [0.25, 0.3) is 0 Å². The first-order valence-electron chi connectivity index (χ1n) is 2.33. The minimum Gasteiger partial charge on any atom is -0.271 e. The van der Waals surface area contributed by atoms with Crippen LogP contribution in [0, 0.1) is 0 Å². The summed E-state index contributed by atoms with van der Waals surface area (Å²) in [6.45, 7) is 0. The summed E-state index contributed by atoms with van der Waals surface area (Å²) >= 11 is 10.4. The van der Waals surface area contributed by atoms with E-state index in [1.807, 2.05) is 0 Å². The topological polar surface area (TPSA) is 32.7 Å². The van der Waals surface area contributed by atoms with Crippen molar-refractivity contribution in [3.63, 3.8) is 0 Å². The molecule has 0 N–H and O–H groups in total. The third kappa shape index (κ3) is 1.41. The number of hydrogen-bond acceptors (Lipinski definition) is 5. The van der Waals surface area contributed by atoms with Gasteiger partial charge in [0, 0.05) is 0 Å². The molecular weight excluding hydrogens is 188 g/mol. The maximum absolute atomic E-state index is 10.8. The predicted octanol–water partition coefficient (Wildman–Crippen LogP) is 0.865. The molecule has 1 aliphatic rings. The number of thioether (sulfide) groups is 1. The van der Waals surface area contributed by atoms with Gasteiger partial charge in [-0.25, -0.2) is 0 Å². The molecule has 0 unspecified atom stereocenters. The molecule has 0 spiro atoms. The Morgan fingerprint density at radius 3 is 2.90 bits per heavy atom. The van der Waals surface area contributed by atoms with Gasteiger partial charge in [-0.3, -0.25) is 4.79 Å². The smallest absolute Gasteiger partial charge is 0.259 e. The number of thiocarbonyl (C=S) groups is 2. The molecule has 0 saturated carbocycles. The SMILES string of the molecule is O=C1CSC(=S)N1N=C=S. The van der Waals surface area contributed by atoms with Crippen molar-refractivity contribution in [2.75, 3.05) is 5.75 Å². The number of hydrogen-bond donors (Lipinski definition) is 0. The van der Waals surface area contributed by atoms with Gasteiger partial charge < -0.3 is 0 Å². The average Bonchev–Trinajstić information content (AvgIpc) is 2.20. The van der Waals surface area contributed by atoms with Gasteiger partial charge in [-0.1, -0.05) is 24.0 Å². The van der Waals surface area contributed by atoms with E-state index in [1.54, 1.807) is 0 Å². The van der Waals surface area contributed by atoms with Crippen molar-refractivity contribution in [2.45, 2.75) is 0 Å². The molecule has 1 rings (SSSR count). The Bertz CT molecular complexity index is 217. The first-order valence-corrected chi connectivity index (χ1v) is 4.13. The Balaban J connectivity index is 2.81. The van der Waals surface area contributed by atoms with E-state index >= 15 is 0 Å². The highest BCUT2D eigenvalue weighted by Crippen LogP contribution is 2.18. The second kappa shape index (κ2) is 3.21. The van der Waals surface area contributed by atoms with Gasteiger partial charge in [-0.05, 0) is 12.2 Å². The van der Waals surface area contributed by atoms with Crippen LogP contribution in [0.2, 0.25) is 0 Å². The second-order valence-corrected chi connectivity index (χ2v) is 3.24. The van der Waals surface area contributed by atoms with Crippen LogP contribution in [0.5, 0.6) is 0 Å². The zero-order valence-corrected chi connectivity index (χ0v) is 7.18. The highest BCUT2D eigenvalue weighted by Gasteiger charge is 2.25. The maximum atomic E-state index is 10.8. The molecule has 0 aliphatic carbocycles. The molecule has 1 heterocycles. The lowest BCUT2D eigenvalue weighted by atomic mass is 10.7. The fourth-order valence-corrected chi connectivity index (χ4v) is 1.52. The third-order valence-corrected chi connectivity index (χ3v) is 2.29. The predicted molar refractivity (Wildman–Crippen MR) is 46.9 cm³/mol. The first kappa shape index (κ1) is 7.81. The molecule has 0 radical (unpaired) electrons. The van der Waals surface area contributed by atoms with E-state index in [0.717, 1.165) is 5.01 Å². The standard InChI is InChI=1S/C4H2N2OS3/c7-3-1-10-4(9)6(3)5-2-8/h1H2. The van der Waals surface area contributed by atoms with Gasteiger partial charge in [0.2, 0.25) is 0 Å². The molecule has 1 aliphatic heterocycles. The summed E-state index contributed by atoms with van der Waals surface area (Å²) in [4.78, 5) is 10.8. The van der Waals surface area contributed by atoms with Gasteiger partial charge in [-0.15, -0.1) is 5.10 Å². The average molecular weight is 190 g/mol. The van der Waals surface area contributed by atoms with E-state index in [4.69, 9.17) is 12.2 Å². The van der Waals surface area contributed by atoms with E-state index in [1.165, 1.54) is 11.8 Å². The fourth-order valence-electron chi connectivity index (χ4n) is 0.485. The van der Waals surface area contributed by atoms with E-state index < -0.39 is 0 Å². The molecule has 1 fully saturated rings. The molecule has 0 atom stereocenters. The van der Waals surface area contributed by atoms with Crippen molar-refractivity contribution in [3.05, 3.63) is 0 Å². The molecular formula is C4H2N2OS3. The summed E-state index contributed by atoms with van der Waals surface area (Å²) in [5, 5.41) is 6.65. The molecule has 3 nitrogen and oxygen atoms in total. The van der Waals surface area contributed by atoms with E-state index in [2.05, 4.69) is 22.5 Å². The Hall–Kier alpha value is -0.290. The summed E-state index contributed by atoms with van der Waals surface area (Å²) in [7, 11) is 0. The monoisotopic (exact) mass is 190 g/mol. The van der Waals surface area contributed by atoms with Crippen molar-refractivity contribution in [2.24, 2.45) is 5.10 Å². The van der Waals surface area contributed by atoms with E-state index in [0.29, 0.717) is 10.1 Å². The Morgan fingerprint density at radius 1 is 1.80 bits per heavy atom. The molecule has 0 aromatic carbocycles. The van der Waals surface area contributed by atoms with Crippen LogP contribution >= 0.6 is 36.2 Å². The van der Waals surface area contributed by atoms with Gasteiger partial charge in [0.05, 0.1) is 10.9 Å². The lowest BCUT2D eigenvalue weighted by molar-refractivity contribution is -0.123. The summed E-state index contributed by atoms with van der Waals surface area (Å²) in [5.41, 5.74) is 0. The van der Waals surface area contributed by atoms with Crippen molar-refractivity contribution in [1.29, 1.82) is 0 Å². The number of isothiocyanates is 1. The summed E-state index contributed by atoms with van der Waals surface area (Å²) in [6, 6.07) is 0. The van der Waals surface area contributed by atoms with Crippen molar-refractivity contribution < 1.29 is 4.79 Å². The molecule has 1 amide bonds. The highest BCUT2D eigenvalue weighted by molar-refractivity contribution is 8.23. The van der Waals surface area contributed by atoms with Gasteiger partial charge in [0.15, 0.2) is 4.32 Å². The molecule has 0 bridgehead atoms. The van der Waals surface area contributed by atoms with Crippen LogP contribution in [0.15, 0.2) is 5.10 Å². The zero-order chi connectivity index (χ0) is 7.56. The molecule has 1 saturated heterocycles. The Kier molecular flexibility index (Phi) is 2.50. The van der Waals surface area contributed by atoms with Gasteiger partial charge >= 0.3 is 0 Å². The van der Waals surface area contributed by atoms with Crippen LogP contribution in [0.1, 0.15) is 0 Å². The molecule has 0 aromatic rings. The molecule has 52 valence electrons. The second-order valence-electron chi connectivity index (χ2n) is 1.45. The van der Waals surface area contributed by atoms with E-state index in [9.17, 15) is 4.79 Å². The zero-order valence-electron chi connectivity index (χ0n) is 4.73. The number of amides is 1. The van der Waals surface area contributed by atoms with Crippen LogP contribution in [-0.2, 0) is 4.79 Å². The molecule has 10 heavy (non-hydrogen) atoms. The van der Waals surface area contributed by atoms with Crippen molar-refractivity contribution in [3.8, 4) is 0 Å². The van der Waals surface area contributed by atoms with Gasteiger partial charge in [-0.2, -0.15) is 5.01 Å². The third-order valence-electron chi connectivity index (χ3n) is 0.869. The maximum Gasteiger partial charge on any atom is 0.259 e. The number of carbonyl (C=O) groups is 1. The van der Waals surface area contributed by atoms with Crippen LogP contribution < -0.4 is 0 Å². The normalized spacial score (nSPS) is 17.4. The fraction of sp³-hybridized carbons (Fsp3) is 0.250. The minimum atomic E-state index is -0.132. The van der Waals surface area contributed by atoms with Crippen molar-refractivity contribution in [1.82, 2.24) is 5.01 Å². The first-order chi connectivity index (χ1) is 4.75. The van der Waals surface area contributed by atoms with Crippen LogP contribution in [-0.4, -0.2) is 26.2 Å². The van der Waals surface area contributed by atoms with Crippen molar-refractivity contribution >= 4 is 51.6 Å².